The Balaban J connectivity index is 1.49. The molecule has 0 bridgehead atoms. The Bertz CT molecular complexity index is 1220. The van der Waals surface area contributed by atoms with Crippen molar-refractivity contribution < 1.29 is 17.9 Å². The number of carbonyl (C=O) groups excluding carboxylic acids is 1. The van der Waals surface area contributed by atoms with Crippen LogP contribution in [-0.2, 0) is 26.0 Å². The number of hydrogen-bond donors (Lipinski definition) is 1. The highest BCUT2D eigenvalue weighted by atomic mass is 32.2. The van der Waals surface area contributed by atoms with Gasteiger partial charge in [0.2, 0.25) is 10.0 Å². The van der Waals surface area contributed by atoms with E-state index in [4.69, 9.17) is 4.74 Å². The first-order chi connectivity index (χ1) is 15.4. The van der Waals surface area contributed by atoms with Crippen LogP contribution < -0.4 is 4.72 Å². The third-order valence-electron chi connectivity index (χ3n) is 5.47. The van der Waals surface area contributed by atoms with Crippen molar-refractivity contribution in [1.29, 1.82) is 0 Å². The van der Waals surface area contributed by atoms with Crippen LogP contribution in [0, 0.1) is 6.92 Å². The predicted molar refractivity (Wildman–Crippen MR) is 124 cm³/mol. The lowest BCUT2D eigenvalue weighted by Crippen LogP contribution is -2.36. The smallest absolute Gasteiger partial charge is 0.309 e. The van der Waals surface area contributed by atoms with Gasteiger partial charge >= 0.3 is 5.97 Å². The van der Waals surface area contributed by atoms with Crippen molar-refractivity contribution >= 4 is 22.1 Å². The Morgan fingerprint density at radius 1 is 1.00 bits per heavy atom. The van der Waals surface area contributed by atoms with E-state index in [2.05, 4.69) is 4.72 Å². The number of sulfonamides is 1. The van der Waals surface area contributed by atoms with Gasteiger partial charge in [0.05, 0.1) is 17.4 Å². The molecular weight excluding hydrogens is 422 g/mol. The molecule has 0 amide bonds. The van der Waals surface area contributed by atoms with E-state index in [1.165, 1.54) is 0 Å². The topological polar surface area (TPSA) is 72.5 Å². The summed E-state index contributed by atoms with van der Waals surface area (Å²) in [5.41, 5.74) is 3.78. The third-order valence-corrected chi connectivity index (χ3v) is 6.93. The number of fused-ring (bicyclic) bond motifs is 1. The van der Waals surface area contributed by atoms with Crippen LogP contribution in [0.2, 0.25) is 0 Å². The molecule has 164 valence electrons. The molecule has 1 aliphatic carbocycles. The molecule has 1 aliphatic rings. The van der Waals surface area contributed by atoms with Crippen LogP contribution in [0.15, 0.2) is 89.8 Å². The minimum Gasteiger partial charge on any atom is -0.460 e. The van der Waals surface area contributed by atoms with Crippen molar-refractivity contribution in [2.75, 3.05) is 0 Å². The molecule has 0 saturated heterocycles. The number of carbonyl (C=O) groups is 1. The lowest BCUT2D eigenvalue weighted by atomic mass is 10.1. The van der Waals surface area contributed by atoms with Crippen molar-refractivity contribution in [3.8, 4) is 0 Å². The second-order valence-electron chi connectivity index (χ2n) is 7.86. The van der Waals surface area contributed by atoms with E-state index >= 15 is 0 Å². The lowest BCUT2D eigenvalue weighted by molar-refractivity contribution is -0.148. The average molecular weight is 448 g/mol. The molecule has 0 fully saturated rings. The molecular formula is C26H25NO4S. The monoisotopic (exact) mass is 447 g/mol. The maximum absolute atomic E-state index is 13.0. The Morgan fingerprint density at radius 3 is 2.44 bits per heavy atom. The fourth-order valence-electron chi connectivity index (χ4n) is 3.83. The van der Waals surface area contributed by atoms with Crippen LogP contribution in [0.25, 0.3) is 6.08 Å². The SMILES string of the molecule is Cc1ccc(S(=O)(=O)N[C@@H]2c3ccccc3C[C@@H]2OC(=O)C/C=C/c2ccccc2)cc1. The summed E-state index contributed by atoms with van der Waals surface area (Å²) in [5.74, 6) is -0.394. The first-order valence-corrected chi connectivity index (χ1v) is 12.0. The molecule has 0 saturated carbocycles. The van der Waals surface area contributed by atoms with Crippen LogP contribution in [0.3, 0.4) is 0 Å². The number of rotatable bonds is 7. The molecule has 0 aliphatic heterocycles. The molecule has 0 aromatic heterocycles. The van der Waals surface area contributed by atoms with E-state index in [-0.39, 0.29) is 11.3 Å². The Kier molecular flexibility index (Phi) is 6.53. The quantitative estimate of drug-likeness (QED) is 0.538. The van der Waals surface area contributed by atoms with E-state index in [1.54, 1.807) is 30.3 Å². The van der Waals surface area contributed by atoms with Gasteiger partial charge in [-0.25, -0.2) is 8.42 Å². The van der Waals surface area contributed by atoms with Gasteiger partial charge in [-0.05, 0) is 35.7 Å². The molecule has 32 heavy (non-hydrogen) atoms. The predicted octanol–water partition coefficient (Wildman–Crippen LogP) is 4.59. The van der Waals surface area contributed by atoms with Gasteiger partial charge in [-0.3, -0.25) is 4.79 Å². The van der Waals surface area contributed by atoms with Gasteiger partial charge < -0.3 is 4.74 Å². The van der Waals surface area contributed by atoms with Gasteiger partial charge in [-0.15, -0.1) is 0 Å². The van der Waals surface area contributed by atoms with E-state index < -0.39 is 28.1 Å². The van der Waals surface area contributed by atoms with Gasteiger partial charge in [0.1, 0.15) is 6.10 Å². The number of esters is 1. The number of aryl methyl sites for hydroxylation is 1. The number of nitrogens with one attached hydrogen (secondary N) is 1. The summed E-state index contributed by atoms with van der Waals surface area (Å²) in [7, 11) is -3.78. The van der Waals surface area contributed by atoms with Gasteiger partial charge in [-0.2, -0.15) is 4.72 Å². The molecule has 2 atom stereocenters. The number of hydrogen-bond acceptors (Lipinski definition) is 4. The number of benzene rings is 3. The fourth-order valence-corrected chi connectivity index (χ4v) is 5.08. The molecule has 3 aromatic carbocycles. The van der Waals surface area contributed by atoms with Gasteiger partial charge in [0.25, 0.3) is 0 Å². The summed E-state index contributed by atoms with van der Waals surface area (Å²) in [6.07, 6.45) is 3.59. The fraction of sp³-hybridized carbons (Fsp3) is 0.192. The zero-order chi connectivity index (χ0) is 22.6. The molecule has 0 spiro atoms. The van der Waals surface area contributed by atoms with Crippen molar-refractivity contribution in [3.63, 3.8) is 0 Å². The first kappa shape index (κ1) is 22.0. The summed E-state index contributed by atoms with van der Waals surface area (Å²) in [6.45, 7) is 1.90. The highest BCUT2D eigenvalue weighted by Crippen LogP contribution is 2.34. The van der Waals surface area contributed by atoms with Gasteiger partial charge in [0, 0.05) is 6.42 Å². The summed E-state index contributed by atoms with van der Waals surface area (Å²) in [5, 5.41) is 0. The lowest BCUT2D eigenvalue weighted by Gasteiger charge is -2.22. The molecule has 0 unspecified atom stereocenters. The molecule has 6 heteroatoms. The molecule has 1 N–H and O–H groups in total. The molecule has 3 aromatic rings. The van der Waals surface area contributed by atoms with Crippen LogP contribution in [0.1, 0.15) is 34.7 Å². The van der Waals surface area contributed by atoms with Crippen LogP contribution in [0.5, 0.6) is 0 Å². The maximum atomic E-state index is 13.0. The Hall–Kier alpha value is -3.22. The largest absolute Gasteiger partial charge is 0.460 e. The summed E-state index contributed by atoms with van der Waals surface area (Å²) in [6, 6.07) is 23.3. The summed E-state index contributed by atoms with van der Waals surface area (Å²) >= 11 is 0. The molecule has 0 heterocycles. The second-order valence-corrected chi connectivity index (χ2v) is 9.57. The normalized spacial score (nSPS) is 17.9. The van der Waals surface area contributed by atoms with Gasteiger partial charge in [-0.1, -0.05) is 84.4 Å². The standard InChI is InChI=1S/C26H25NO4S/c1-19-14-16-22(17-15-19)32(29,30)27-26-23-12-6-5-11-21(23)18-24(26)31-25(28)13-7-10-20-8-3-2-4-9-20/h2-12,14-17,24,26-27H,13,18H2,1H3/b10-7+/t24-,26+/m0/s1. The van der Waals surface area contributed by atoms with Crippen molar-refractivity contribution in [2.45, 2.75) is 36.8 Å². The van der Waals surface area contributed by atoms with Crippen LogP contribution in [-0.4, -0.2) is 20.5 Å². The zero-order valence-corrected chi connectivity index (χ0v) is 18.6. The maximum Gasteiger partial charge on any atom is 0.309 e. The Morgan fingerprint density at radius 2 is 1.69 bits per heavy atom. The number of ether oxygens (including phenoxy) is 1. The van der Waals surface area contributed by atoms with E-state index in [0.29, 0.717) is 6.42 Å². The third kappa shape index (κ3) is 5.15. The summed E-state index contributed by atoms with van der Waals surface area (Å²) in [4.78, 5) is 12.7. The van der Waals surface area contributed by atoms with Crippen LogP contribution in [0.4, 0.5) is 0 Å². The van der Waals surface area contributed by atoms with Crippen molar-refractivity contribution in [2.24, 2.45) is 0 Å². The highest BCUT2D eigenvalue weighted by molar-refractivity contribution is 7.89. The van der Waals surface area contributed by atoms with E-state index in [1.807, 2.05) is 67.6 Å². The molecule has 5 nitrogen and oxygen atoms in total. The average Bonchev–Trinajstić information content (AvgIpc) is 3.11. The highest BCUT2D eigenvalue weighted by Gasteiger charge is 2.37. The molecule has 0 radical (unpaired) electrons. The minimum absolute atomic E-state index is 0.110. The van der Waals surface area contributed by atoms with Crippen molar-refractivity contribution in [1.82, 2.24) is 4.72 Å². The second kappa shape index (κ2) is 9.51. The first-order valence-electron chi connectivity index (χ1n) is 10.5. The van der Waals surface area contributed by atoms with Crippen LogP contribution >= 0.6 is 0 Å². The van der Waals surface area contributed by atoms with E-state index in [0.717, 1.165) is 22.3 Å². The van der Waals surface area contributed by atoms with Crippen molar-refractivity contribution in [3.05, 3.63) is 107 Å². The minimum atomic E-state index is -3.78. The summed E-state index contributed by atoms with van der Waals surface area (Å²) < 4.78 is 34.5. The zero-order valence-electron chi connectivity index (χ0n) is 17.8. The van der Waals surface area contributed by atoms with Gasteiger partial charge in [0.15, 0.2) is 0 Å². The Labute approximate surface area is 188 Å². The molecule has 4 rings (SSSR count). The van der Waals surface area contributed by atoms with E-state index in [9.17, 15) is 13.2 Å².